The van der Waals surface area contributed by atoms with Crippen LogP contribution in [0.4, 0.5) is 5.13 Å². The molecule has 4 rings (SSSR count). The topological polar surface area (TPSA) is 88.6 Å². The molecule has 32 heavy (non-hydrogen) atoms. The number of methoxy groups -OCH3 is 1. The largest absolute Gasteiger partial charge is 0.496 e. The Morgan fingerprint density at radius 3 is 2.44 bits per heavy atom. The third kappa shape index (κ3) is 3.67. The summed E-state index contributed by atoms with van der Waals surface area (Å²) in [6.45, 7) is 7.47. The minimum Gasteiger partial charge on any atom is -0.496 e. The van der Waals surface area contributed by atoms with Crippen LogP contribution in [0.3, 0.4) is 0 Å². The van der Waals surface area contributed by atoms with Gasteiger partial charge in [-0.1, -0.05) is 0 Å². The van der Waals surface area contributed by atoms with Gasteiger partial charge in [0, 0.05) is 22.0 Å². The zero-order valence-electron chi connectivity index (χ0n) is 18.5. The number of benzene rings is 2. The predicted molar refractivity (Wildman–Crippen MR) is 124 cm³/mol. The van der Waals surface area contributed by atoms with Crippen LogP contribution >= 0.6 is 11.3 Å². The van der Waals surface area contributed by atoms with Crippen molar-refractivity contribution in [2.75, 3.05) is 12.4 Å². The predicted octanol–water partition coefficient (Wildman–Crippen LogP) is 4.69. The lowest BCUT2D eigenvalue weighted by molar-refractivity contribution is 0.0609. The van der Waals surface area contributed by atoms with E-state index in [1.807, 2.05) is 32.0 Å². The molecule has 0 radical (unpaired) electrons. The lowest BCUT2D eigenvalue weighted by Gasteiger charge is -2.17. The zero-order valence-corrected chi connectivity index (χ0v) is 19.3. The molecular formula is C24H23N3O4S. The molecule has 8 heteroatoms. The standard InChI is InChI=1S/C24H23N3O4S/c1-12(2)27-22(29)17-8-6-16(11-18(17)23(27)30)21(28)26-24-25-20(14(4)32-24)15-7-9-19(31-5)13(3)10-15/h6-12H,1-5H3,(H,25,26,28). The summed E-state index contributed by atoms with van der Waals surface area (Å²) in [5, 5.41) is 3.27. The Morgan fingerprint density at radius 1 is 1.06 bits per heavy atom. The molecule has 1 aliphatic heterocycles. The molecule has 7 nitrogen and oxygen atoms in total. The number of carbonyl (C=O) groups excluding carboxylic acids is 3. The highest BCUT2D eigenvalue weighted by atomic mass is 32.1. The van der Waals surface area contributed by atoms with Crippen molar-refractivity contribution in [3.8, 4) is 17.0 Å². The lowest BCUT2D eigenvalue weighted by Crippen LogP contribution is -2.35. The molecule has 2 heterocycles. The number of amides is 3. The SMILES string of the molecule is COc1ccc(-c2nc(NC(=O)c3ccc4c(c3)C(=O)N(C(C)C)C4=O)sc2C)cc1C. The van der Waals surface area contributed by atoms with E-state index < -0.39 is 0 Å². The second-order valence-corrected chi connectivity index (χ2v) is 9.10. The number of thiazole rings is 1. The van der Waals surface area contributed by atoms with Gasteiger partial charge in [-0.2, -0.15) is 0 Å². The first-order chi connectivity index (χ1) is 15.2. The molecule has 3 aromatic rings. The van der Waals surface area contributed by atoms with Gasteiger partial charge in [0.25, 0.3) is 17.7 Å². The maximum absolute atomic E-state index is 12.8. The highest BCUT2D eigenvalue weighted by Crippen LogP contribution is 2.33. The zero-order chi connectivity index (χ0) is 23.2. The van der Waals surface area contributed by atoms with Crippen LogP contribution in [-0.4, -0.2) is 40.8 Å². The third-order valence-electron chi connectivity index (χ3n) is 5.38. The molecule has 2 aromatic carbocycles. The molecule has 0 bridgehead atoms. The monoisotopic (exact) mass is 449 g/mol. The summed E-state index contributed by atoms with van der Waals surface area (Å²) in [5.41, 5.74) is 3.59. The Morgan fingerprint density at radius 2 is 1.78 bits per heavy atom. The molecule has 0 aliphatic carbocycles. The van der Waals surface area contributed by atoms with Crippen molar-refractivity contribution in [1.82, 2.24) is 9.88 Å². The quantitative estimate of drug-likeness (QED) is 0.571. The summed E-state index contributed by atoms with van der Waals surface area (Å²) < 4.78 is 5.32. The Balaban J connectivity index is 1.57. The van der Waals surface area contributed by atoms with E-state index in [-0.39, 0.29) is 29.3 Å². The van der Waals surface area contributed by atoms with E-state index in [1.165, 1.54) is 28.4 Å². The van der Waals surface area contributed by atoms with Crippen LogP contribution in [0.25, 0.3) is 11.3 Å². The summed E-state index contributed by atoms with van der Waals surface area (Å²) in [7, 11) is 1.63. The number of hydrogen-bond acceptors (Lipinski definition) is 6. The summed E-state index contributed by atoms with van der Waals surface area (Å²) in [6.07, 6.45) is 0. The van der Waals surface area contributed by atoms with Crippen LogP contribution < -0.4 is 10.1 Å². The lowest BCUT2D eigenvalue weighted by atomic mass is 10.1. The Kier molecular flexibility index (Phi) is 5.56. The fraction of sp³-hybridized carbons (Fsp3) is 0.250. The van der Waals surface area contributed by atoms with Gasteiger partial charge in [0.05, 0.1) is 23.9 Å². The van der Waals surface area contributed by atoms with E-state index in [0.29, 0.717) is 16.3 Å². The molecule has 0 spiro atoms. The van der Waals surface area contributed by atoms with Crippen LogP contribution in [0.1, 0.15) is 55.4 Å². The third-order valence-corrected chi connectivity index (χ3v) is 6.27. The van der Waals surface area contributed by atoms with Crippen LogP contribution in [0, 0.1) is 13.8 Å². The number of aromatic nitrogens is 1. The minimum atomic E-state index is -0.387. The molecular weight excluding hydrogens is 426 g/mol. The number of aryl methyl sites for hydroxylation is 2. The fourth-order valence-electron chi connectivity index (χ4n) is 3.78. The second-order valence-electron chi connectivity index (χ2n) is 7.90. The van der Waals surface area contributed by atoms with Gasteiger partial charge in [0.15, 0.2) is 5.13 Å². The van der Waals surface area contributed by atoms with Gasteiger partial charge in [0.2, 0.25) is 0 Å². The van der Waals surface area contributed by atoms with Gasteiger partial charge in [0.1, 0.15) is 5.75 Å². The Bertz CT molecular complexity index is 1260. The molecule has 1 aromatic heterocycles. The molecule has 0 saturated heterocycles. The molecule has 1 aliphatic rings. The highest BCUT2D eigenvalue weighted by molar-refractivity contribution is 7.16. The molecule has 0 unspecified atom stereocenters. The van der Waals surface area contributed by atoms with E-state index in [9.17, 15) is 14.4 Å². The number of anilines is 1. The van der Waals surface area contributed by atoms with Gasteiger partial charge in [-0.15, -0.1) is 11.3 Å². The minimum absolute atomic E-state index is 0.251. The summed E-state index contributed by atoms with van der Waals surface area (Å²) in [4.78, 5) is 44.7. The number of ether oxygens (including phenoxy) is 1. The smallest absolute Gasteiger partial charge is 0.261 e. The molecule has 0 saturated carbocycles. The molecule has 1 N–H and O–H groups in total. The van der Waals surface area contributed by atoms with Gasteiger partial charge in [-0.05, 0) is 69.7 Å². The van der Waals surface area contributed by atoms with E-state index >= 15 is 0 Å². The first-order valence-corrected chi connectivity index (χ1v) is 11.0. The highest BCUT2D eigenvalue weighted by Gasteiger charge is 2.37. The first kappa shape index (κ1) is 21.7. The maximum atomic E-state index is 12.8. The normalized spacial score (nSPS) is 13.0. The van der Waals surface area contributed by atoms with E-state index in [1.54, 1.807) is 27.0 Å². The van der Waals surface area contributed by atoms with Crippen LogP contribution in [0.2, 0.25) is 0 Å². The van der Waals surface area contributed by atoms with Crippen molar-refractivity contribution in [3.05, 3.63) is 63.5 Å². The molecule has 164 valence electrons. The number of nitrogens with zero attached hydrogens (tertiary/aromatic N) is 2. The fourth-order valence-corrected chi connectivity index (χ4v) is 4.61. The van der Waals surface area contributed by atoms with Crippen molar-refractivity contribution < 1.29 is 19.1 Å². The number of rotatable bonds is 5. The molecule has 0 fully saturated rings. The van der Waals surface area contributed by atoms with Gasteiger partial charge < -0.3 is 4.74 Å². The number of nitrogens with one attached hydrogen (secondary N) is 1. The molecule has 3 amide bonds. The van der Waals surface area contributed by atoms with Crippen molar-refractivity contribution in [2.24, 2.45) is 0 Å². The van der Waals surface area contributed by atoms with Gasteiger partial charge in [-0.25, -0.2) is 4.98 Å². The van der Waals surface area contributed by atoms with E-state index in [4.69, 9.17) is 4.74 Å². The van der Waals surface area contributed by atoms with Crippen molar-refractivity contribution in [1.29, 1.82) is 0 Å². The average molecular weight is 450 g/mol. The summed E-state index contributed by atoms with van der Waals surface area (Å²) in [6, 6.07) is 10.1. The molecule has 0 atom stereocenters. The number of imide groups is 1. The first-order valence-electron chi connectivity index (χ1n) is 10.2. The van der Waals surface area contributed by atoms with E-state index in [0.717, 1.165) is 27.4 Å². The van der Waals surface area contributed by atoms with Crippen molar-refractivity contribution >= 4 is 34.2 Å². The maximum Gasteiger partial charge on any atom is 0.261 e. The number of carbonyl (C=O) groups is 3. The summed E-state index contributed by atoms with van der Waals surface area (Å²) >= 11 is 1.38. The van der Waals surface area contributed by atoms with Crippen LogP contribution in [0.15, 0.2) is 36.4 Å². The number of fused-ring (bicyclic) bond motifs is 1. The van der Waals surface area contributed by atoms with Gasteiger partial charge in [-0.3, -0.25) is 24.6 Å². The van der Waals surface area contributed by atoms with Crippen LogP contribution in [0.5, 0.6) is 5.75 Å². The van der Waals surface area contributed by atoms with Crippen LogP contribution in [-0.2, 0) is 0 Å². The Labute approximate surface area is 190 Å². The summed E-state index contributed by atoms with van der Waals surface area (Å²) in [5.74, 6) is -0.295. The van der Waals surface area contributed by atoms with Crippen molar-refractivity contribution in [2.45, 2.75) is 33.7 Å². The second kappa shape index (κ2) is 8.20. The van der Waals surface area contributed by atoms with E-state index in [2.05, 4.69) is 10.3 Å². The van der Waals surface area contributed by atoms with Gasteiger partial charge >= 0.3 is 0 Å². The number of hydrogen-bond donors (Lipinski definition) is 1. The van der Waals surface area contributed by atoms with Crippen molar-refractivity contribution in [3.63, 3.8) is 0 Å². The average Bonchev–Trinajstić information content (AvgIpc) is 3.24. The Hall–Kier alpha value is -3.52.